The number of nitrogens with one attached hydrogen (secondary N) is 2. The zero-order valence-electron chi connectivity index (χ0n) is 32.0. The molecule has 0 saturated heterocycles. The third-order valence-corrected chi connectivity index (χ3v) is 13.6. The summed E-state index contributed by atoms with van der Waals surface area (Å²) in [6.45, 7) is 4.65. The predicted molar refractivity (Wildman–Crippen MR) is 208 cm³/mol. The zero-order chi connectivity index (χ0) is 40.8. The molecule has 0 unspecified atom stereocenters. The number of nitro benzene ring substituents is 2. The van der Waals surface area contributed by atoms with Crippen LogP contribution in [0.5, 0.6) is 0 Å². The van der Waals surface area contributed by atoms with Crippen molar-refractivity contribution in [3.63, 3.8) is 0 Å². The highest BCUT2D eigenvalue weighted by Crippen LogP contribution is 2.36. The van der Waals surface area contributed by atoms with Crippen molar-refractivity contribution in [2.75, 3.05) is 5.75 Å². The average molecular weight is 797 g/mol. The molecular weight excluding hydrogens is 745 g/mol. The molecule has 2 aliphatic rings. The molecule has 5 atom stereocenters. The SMILES string of the molecule is CC(C)(C)S(=O)(=O)C[C@@H](Cc1ccccc1)C(=O)N[C@@H](Cc1cn(-c2ccc([N+](=O)[O-])cc2[N+](=O)[O-])cn1)C(=O)N[C@@H](CC1CCCCC1)[C@@H](O)[C@@H](O)C1CC1. The Kier molecular flexibility index (Phi) is 13.6. The third kappa shape index (κ3) is 11.0. The zero-order valence-corrected chi connectivity index (χ0v) is 32.8. The molecule has 2 amide bonds. The number of aliphatic hydroxyl groups is 2. The summed E-state index contributed by atoms with van der Waals surface area (Å²) >= 11 is 0. The minimum atomic E-state index is -3.82. The highest BCUT2D eigenvalue weighted by Gasteiger charge is 2.41. The fourth-order valence-electron chi connectivity index (χ4n) is 7.24. The van der Waals surface area contributed by atoms with Gasteiger partial charge in [-0.3, -0.25) is 34.4 Å². The molecule has 2 fully saturated rings. The summed E-state index contributed by atoms with van der Waals surface area (Å²) in [7, 11) is -3.82. The van der Waals surface area contributed by atoms with Crippen molar-refractivity contribution in [1.82, 2.24) is 20.2 Å². The fraction of sp³-hybridized carbons (Fsp3) is 0.564. The first-order valence-corrected chi connectivity index (χ1v) is 20.8. The minimum absolute atomic E-state index is 0.0237. The Morgan fingerprint density at radius 2 is 1.61 bits per heavy atom. The average Bonchev–Trinajstić information content (AvgIpc) is 3.91. The molecule has 4 N–H and O–H groups in total. The lowest BCUT2D eigenvalue weighted by Crippen LogP contribution is -2.57. The van der Waals surface area contributed by atoms with Crippen molar-refractivity contribution in [1.29, 1.82) is 0 Å². The number of amides is 2. The van der Waals surface area contributed by atoms with Crippen molar-refractivity contribution >= 4 is 33.0 Å². The number of non-ortho nitro benzene ring substituents is 1. The fourth-order valence-corrected chi connectivity index (χ4v) is 8.54. The van der Waals surface area contributed by atoms with Crippen molar-refractivity contribution < 1.29 is 38.1 Å². The van der Waals surface area contributed by atoms with Gasteiger partial charge < -0.3 is 20.8 Å². The number of hydrogen-bond acceptors (Lipinski definition) is 11. The monoisotopic (exact) mass is 796 g/mol. The van der Waals surface area contributed by atoms with E-state index < -0.39 is 83.6 Å². The first-order chi connectivity index (χ1) is 26.4. The van der Waals surface area contributed by atoms with E-state index in [-0.39, 0.29) is 36.1 Å². The van der Waals surface area contributed by atoms with E-state index in [1.54, 1.807) is 51.1 Å². The molecule has 17 heteroatoms. The van der Waals surface area contributed by atoms with E-state index in [0.29, 0.717) is 12.0 Å². The highest BCUT2D eigenvalue weighted by molar-refractivity contribution is 7.92. The Labute approximate surface area is 326 Å². The Balaban J connectivity index is 1.47. The van der Waals surface area contributed by atoms with Crippen molar-refractivity contribution in [3.05, 3.63) is 92.5 Å². The molecule has 1 aromatic heterocycles. The molecule has 0 radical (unpaired) electrons. The van der Waals surface area contributed by atoms with Gasteiger partial charge in [0.15, 0.2) is 9.84 Å². The number of carbonyl (C=O) groups is 2. The molecule has 0 aliphatic heterocycles. The Morgan fingerprint density at radius 3 is 2.21 bits per heavy atom. The van der Waals surface area contributed by atoms with Crippen molar-refractivity contribution in [2.24, 2.45) is 17.8 Å². The largest absolute Gasteiger partial charge is 0.390 e. The van der Waals surface area contributed by atoms with Crippen LogP contribution in [0.2, 0.25) is 0 Å². The van der Waals surface area contributed by atoms with Gasteiger partial charge in [-0.25, -0.2) is 13.4 Å². The van der Waals surface area contributed by atoms with E-state index in [2.05, 4.69) is 15.6 Å². The van der Waals surface area contributed by atoms with Gasteiger partial charge in [0.05, 0.1) is 56.5 Å². The van der Waals surface area contributed by atoms with Gasteiger partial charge in [-0.1, -0.05) is 62.4 Å². The lowest BCUT2D eigenvalue weighted by molar-refractivity contribution is -0.394. The summed E-state index contributed by atoms with van der Waals surface area (Å²) < 4.78 is 27.0. The van der Waals surface area contributed by atoms with E-state index >= 15 is 0 Å². The number of carbonyl (C=O) groups excluding carboxylic acids is 2. The van der Waals surface area contributed by atoms with Gasteiger partial charge in [0.2, 0.25) is 11.8 Å². The first kappa shape index (κ1) is 42.4. The summed E-state index contributed by atoms with van der Waals surface area (Å²) in [5, 5.41) is 51.3. The number of aliphatic hydroxyl groups excluding tert-OH is 2. The smallest absolute Gasteiger partial charge is 0.300 e. The molecule has 5 rings (SSSR count). The standard InChI is InChI=1S/C39H52N6O10S/c1-39(2,3)56(54,55)23-28(18-25-10-6-4-7-11-25)37(48)42-32(20-29-22-43(24-40-29)33-17-16-30(44(50)51)21-34(33)45(52)53)38(49)41-31(19-26-12-8-5-9-13-26)36(47)35(46)27-14-15-27/h4,6-7,10-11,16-17,21-22,24,26-28,31-32,35-36,46-47H,5,8-9,12-15,18-20,23H2,1-3H3,(H,41,49)(H,42,48)/t28-,31+,32+,35+,36-/m1/s1. The highest BCUT2D eigenvalue weighted by atomic mass is 32.2. The Hall–Kier alpha value is -4.74. The van der Waals surface area contributed by atoms with E-state index in [0.717, 1.165) is 57.1 Å². The van der Waals surface area contributed by atoms with Gasteiger partial charge in [0.25, 0.3) is 11.4 Å². The lowest BCUT2D eigenvalue weighted by atomic mass is 9.82. The van der Waals surface area contributed by atoms with Crippen LogP contribution in [-0.4, -0.2) is 84.6 Å². The lowest BCUT2D eigenvalue weighted by Gasteiger charge is -2.33. The van der Waals surface area contributed by atoms with Gasteiger partial charge in [-0.2, -0.15) is 0 Å². The van der Waals surface area contributed by atoms with E-state index in [1.807, 2.05) is 0 Å². The first-order valence-electron chi connectivity index (χ1n) is 19.1. The maximum absolute atomic E-state index is 14.4. The summed E-state index contributed by atoms with van der Waals surface area (Å²) in [5.41, 5.74) is -0.128. The molecule has 56 heavy (non-hydrogen) atoms. The maximum atomic E-state index is 14.4. The van der Waals surface area contributed by atoms with Gasteiger partial charge in [-0.15, -0.1) is 0 Å². The molecule has 0 bridgehead atoms. The molecule has 2 aliphatic carbocycles. The molecule has 2 saturated carbocycles. The van der Waals surface area contributed by atoms with Crippen LogP contribution in [0.4, 0.5) is 11.4 Å². The van der Waals surface area contributed by atoms with E-state index in [9.17, 15) is 48.4 Å². The molecule has 3 aromatic rings. The van der Waals surface area contributed by atoms with E-state index in [1.165, 1.54) is 23.2 Å². The molecule has 0 spiro atoms. The normalized spacial score (nSPS) is 17.9. The van der Waals surface area contributed by atoms with Crippen LogP contribution in [0.3, 0.4) is 0 Å². The van der Waals surface area contributed by atoms with Crippen molar-refractivity contribution in [2.45, 2.75) is 114 Å². The summed E-state index contributed by atoms with van der Waals surface area (Å²) in [6.07, 6.45) is 7.03. The topological polar surface area (TPSA) is 237 Å². The minimum Gasteiger partial charge on any atom is -0.390 e. The number of benzene rings is 2. The van der Waals surface area contributed by atoms with E-state index in [4.69, 9.17) is 0 Å². The van der Waals surface area contributed by atoms with Crippen LogP contribution in [0.15, 0.2) is 61.1 Å². The second kappa shape index (κ2) is 18.0. The predicted octanol–water partition coefficient (Wildman–Crippen LogP) is 4.38. The van der Waals surface area contributed by atoms with Gasteiger partial charge in [-0.05, 0) is 69.9 Å². The number of imidazole rings is 1. The van der Waals surface area contributed by atoms with Gasteiger partial charge in [0.1, 0.15) is 17.8 Å². The summed E-state index contributed by atoms with van der Waals surface area (Å²) in [6, 6.07) is 9.86. The summed E-state index contributed by atoms with van der Waals surface area (Å²) in [4.78, 5) is 54.6. The van der Waals surface area contributed by atoms with Crippen LogP contribution in [0, 0.1) is 38.0 Å². The van der Waals surface area contributed by atoms with Gasteiger partial charge in [0, 0.05) is 18.7 Å². The quantitative estimate of drug-likeness (QED) is 0.104. The van der Waals surface area contributed by atoms with Crippen LogP contribution < -0.4 is 10.6 Å². The van der Waals surface area contributed by atoms with Crippen molar-refractivity contribution in [3.8, 4) is 5.69 Å². The number of nitrogens with zero attached hydrogens (tertiary/aromatic N) is 4. The number of aromatic nitrogens is 2. The molecular formula is C39H52N6O10S. The van der Waals surface area contributed by atoms with Gasteiger partial charge >= 0.3 is 0 Å². The number of nitro groups is 2. The third-order valence-electron chi connectivity index (χ3n) is 10.9. The molecule has 1 heterocycles. The Bertz CT molecular complexity index is 1970. The Morgan fingerprint density at radius 1 is 0.929 bits per heavy atom. The molecule has 304 valence electrons. The summed E-state index contributed by atoms with van der Waals surface area (Å²) in [5.74, 6) is -2.86. The molecule has 2 aromatic carbocycles. The second-order valence-electron chi connectivity index (χ2n) is 16.2. The van der Waals surface area contributed by atoms with Crippen LogP contribution >= 0.6 is 0 Å². The van der Waals surface area contributed by atoms with Crippen LogP contribution in [0.1, 0.15) is 83.4 Å². The van der Waals surface area contributed by atoms with Crippen LogP contribution in [0.25, 0.3) is 5.69 Å². The number of hydrogen-bond donors (Lipinski definition) is 4. The molecule has 16 nitrogen and oxygen atoms in total. The number of sulfone groups is 1. The second-order valence-corrected chi connectivity index (χ2v) is 19.0. The van der Waals surface area contributed by atoms with Crippen LogP contribution in [-0.2, 0) is 32.3 Å². The maximum Gasteiger partial charge on any atom is 0.300 e. The number of rotatable bonds is 18.